The number of allylic oxidation sites excluding steroid dienone is 8. The molecule has 0 atom stereocenters. The van der Waals surface area contributed by atoms with E-state index in [1.807, 2.05) is 0 Å². The Morgan fingerprint density at radius 1 is 0.426 bits per heavy atom. The second kappa shape index (κ2) is 13.1. The van der Waals surface area contributed by atoms with Crippen molar-refractivity contribution < 1.29 is 26.3 Å². The molecule has 3 aromatic rings. The topological polar surface area (TPSA) is 238 Å². The van der Waals surface area contributed by atoms with E-state index in [9.17, 15) is 79.0 Å². The van der Waals surface area contributed by atoms with Gasteiger partial charge in [-0.1, -0.05) is 12.1 Å². The molecule has 0 heterocycles. The number of fused-ring (bicyclic) bond motifs is 2. The van der Waals surface area contributed by atoms with Crippen LogP contribution in [0.25, 0.3) is 33.4 Å². The quantitative estimate of drug-likeness (QED) is 0.185. The zero-order chi connectivity index (χ0) is 39.9. The Morgan fingerprint density at radius 2 is 0.833 bits per heavy atom. The minimum Gasteiger partial charge on any atom is -0.192 e. The molecular formula is C38H6F6N10. The van der Waals surface area contributed by atoms with Crippen LogP contribution >= 0.6 is 0 Å². The monoisotopic (exact) mass is 716 g/mol. The van der Waals surface area contributed by atoms with Crippen LogP contribution in [0.15, 0.2) is 47.5 Å². The maximum atomic E-state index is 14.1. The summed E-state index contributed by atoms with van der Waals surface area (Å²) >= 11 is 0. The molecule has 16 heteroatoms. The first-order valence-corrected chi connectivity index (χ1v) is 14.3. The summed E-state index contributed by atoms with van der Waals surface area (Å²) in [6, 6.07) is 20.2. The molecule has 0 unspecified atom stereocenters. The van der Waals surface area contributed by atoms with Gasteiger partial charge in [0.2, 0.25) is 0 Å². The molecule has 0 fully saturated rings. The lowest BCUT2D eigenvalue weighted by Gasteiger charge is -2.16. The van der Waals surface area contributed by atoms with Gasteiger partial charge in [0.1, 0.15) is 59.7 Å². The van der Waals surface area contributed by atoms with Crippen molar-refractivity contribution in [2.75, 3.05) is 0 Å². The van der Waals surface area contributed by atoms with E-state index in [1.54, 1.807) is 48.6 Å². The summed E-state index contributed by atoms with van der Waals surface area (Å²) in [6.45, 7) is 0. The van der Waals surface area contributed by atoms with E-state index >= 15 is 0 Å². The summed E-state index contributed by atoms with van der Waals surface area (Å²) in [7, 11) is 0. The molecule has 5 rings (SSSR count). The lowest BCUT2D eigenvalue weighted by Crippen LogP contribution is -2.08. The van der Waals surface area contributed by atoms with Crippen LogP contribution in [0.1, 0.15) is 66.8 Å². The predicted octanol–water partition coefficient (Wildman–Crippen LogP) is 7.71. The van der Waals surface area contributed by atoms with E-state index in [1.165, 1.54) is 12.1 Å². The molecule has 2 aliphatic carbocycles. The third kappa shape index (κ3) is 5.21. The van der Waals surface area contributed by atoms with E-state index in [2.05, 4.69) is 0 Å². The van der Waals surface area contributed by atoms with Gasteiger partial charge in [-0.3, -0.25) is 0 Å². The minimum absolute atomic E-state index is 0.349. The molecule has 0 aliphatic heterocycles. The van der Waals surface area contributed by atoms with Crippen molar-refractivity contribution in [3.8, 4) is 60.7 Å². The number of rotatable bonds is 2. The van der Waals surface area contributed by atoms with E-state index in [0.717, 1.165) is 18.2 Å². The number of nitriles is 10. The molecule has 0 aromatic heterocycles. The zero-order valence-corrected chi connectivity index (χ0v) is 26.2. The van der Waals surface area contributed by atoms with E-state index in [0.29, 0.717) is 18.2 Å². The van der Waals surface area contributed by atoms with Crippen molar-refractivity contribution in [1.82, 2.24) is 0 Å². The van der Waals surface area contributed by atoms with Gasteiger partial charge in [0.25, 0.3) is 0 Å². The number of nitrogens with zero attached hydrogens (tertiary/aromatic N) is 10. The molecule has 0 bridgehead atoms. The lowest BCUT2D eigenvalue weighted by molar-refractivity contribution is -0.138. The van der Waals surface area contributed by atoms with Crippen molar-refractivity contribution in [1.29, 1.82) is 52.6 Å². The average Bonchev–Trinajstić information content (AvgIpc) is 3.67. The fourth-order valence-corrected chi connectivity index (χ4v) is 6.37. The Labute approximate surface area is 299 Å². The second-order valence-electron chi connectivity index (χ2n) is 10.9. The summed E-state index contributed by atoms with van der Waals surface area (Å²) in [5, 5.41) is 101. The third-order valence-electron chi connectivity index (χ3n) is 8.36. The van der Waals surface area contributed by atoms with Crippen LogP contribution in [0.4, 0.5) is 26.3 Å². The molecule has 0 N–H and O–H groups in total. The first kappa shape index (κ1) is 36.4. The molecule has 0 radical (unpaired) electrons. The second-order valence-corrected chi connectivity index (χ2v) is 10.9. The van der Waals surface area contributed by atoms with Gasteiger partial charge in [0.15, 0.2) is 0 Å². The summed E-state index contributed by atoms with van der Waals surface area (Å²) in [5.74, 6) is 0. The summed E-state index contributed by atoms with van der Waals surface area (Å²) < 4.78 is 83.5. The molecule has 0 spiro atoms. The fraction of sp³-hybridized carbons (Fsp3) is 0.0526. The van der Waals surface area contributed by atoms with Crippen LogP contribution in [0.3, 0.4) is 0 Å². The van der Waals surface area contributed by atoms with Gasteiger partial charge >= 0.3 is 12.4 Å². The van der Waals surface area contributed by atoms with Crippen LogP contribution in [-0.2, 0) is 12.4 Å². The van der Waals surface area contributed by atoms with Crippen LogP contribution in [-0.4, -0.2) is 0 Å². The van der Waals surface area contributed by atoms with Gasteiger partial charge in [0.05, 0.1) is 56.7 Å². The van der Waals surface area contributed by atoms with Crippen LogP contribution in [0, 0.1) is 113 Å². The van der Waals surface area contributed by atoms with Crippen molar-refractivity contribution >= 4 is 33.4 Å². The molecular weight excluding hydrogens is 710 g/mol. The lowest BCUT2D eigenvalue weighted by atomic mass is 9.82. The SMILES string of the molecule is N#CC(C#N)=C1C(c2ccc(C(F)(F)F)c(C#N)c2)=C(C#N)c2c(C#N)c3c(c(C#N)c21)C(=C(C#N)C#N)C(c1ccc(C#N)c(C(F)(F)F)c1)=C3C#N. The Morgan fingerprint density at radius 3 is 1.20 bits per heavy atom. The largest absolute Gasteiger partial charge is 0.417 e. The fourth-order valence-electron chi connectivity index (χ4n) is 6.37. The van der Waals surface area contributed by atoms with Crippen molar-refractivity contribution in [3.63, 3.8) is 0 Å². The number of halogens is 6. The number of hydrogen-bond donors (Lipinski definition) is 0. The third-order valence-corrected chi connectivity index (χ3v) is 8.36. The van der Waals surface area contributed by atoms with Gasteiger partial charge in [-0.2, -0.15) is 79.0 Å². The smallest absolute Gasteiger partial charge is 0.192 e. The summed E-state index contributed by atoms with van der Waals surface area (Å²) in [5.41, 5.74) is -14.2. The minimum atomic E-state index is -5.13. The first-order chi connectivity index (χ1) is 25.7. The highest BCUT2D eigenvalue weighted by Crippen LogP contribution is 2.58. The zero-order valence-electron chi connectivity index (χ0n) is 26.2. The summed E-state index contributed by atoms with van der Waals surface area (Å²) in [4.78, 5) is 0. The van der Waals surface area contributed by atoms with Gasteiger partial charge in [-0.15, -0.1) is 0 Å². The molecule has 0 saturated carbocycles. The van der Waals surface area contributed by atoms with Gasteiger partial charge < -0.3 is 0 Å². The van der Waals surface area contributed by atoms with Crippen LogP contribution in [0.5, 0.6) is 0 Å². The highest BCUT2D eigenvalue weighted by Gasteiger charge is 2.44. The van der Waals surface area contributed by atoms with Crippen LogP contribution < -0.4 is 0 Å². The van der Waals surface area contributed by atoms with Crippen molar-refractivity contribution in [2.24, 2.45) is 0 Å². The number of alkyl halides is 6. The van der Waals surface area contributed by atoms with E-state index in [-0.39, 0.29) is 5.56 Å². The predicted molar refractivity (Wildman–Crippen MR) is 169 cm³/mol. The first-order valence-electron chi connectivity index (χ1n) is 14.3. The molecule has 0 amide bonds. The standard InChI is InChI=1S/C38H6F6N10/c39-37(40,41)27-4-3-17(5-20(27)8-46)29-23(13-51)33-25(15-53)34-24(14-52)30(18-1-2-19(7-45)28(6-18)38(42,43)44)32(22(11-49)12-50)36(34)26(16-54)35(33)31(29)21(9-47)10-48/h1-6H. The highest BCUT2D eigenvalue weighted by molar-refractivity contribution is 6.32. The molecule has 3 aromatic carbocycles. The Bertz CT molecular complexity index is 2870. The average molecular weight is 717 g/mol. The Balaban J connectivity index is 2.09. The maximum absolute atomic E-state index is 14.1. The van der Waals surface area contributed by atoms with Gasteiger partial charge in [-0.05, 0) is 35.4 Å². The van der Waals surface area contributed by atoms with Gasteiger partial charge in [-0.25, -0.2) is 0 Å². The summed E-state index contributed by atoms with van der Waals surface area (Å²) in [6.07, 6.45) is -10.2. The maximum Gasteiger partial charge on any atom is 0.417 e. The number of benzene rings is 3. The van der Waals surface area contributed by atoms with Gasteiger partial charge in [0, 0.05) is 44.5 Å². The molecule has 54 heavy (non-hydrogen) atoms. The van der Waals surface area contributed by atoms with E-state index < -0.39 is 118 Å². The van der Waals surface area contributed by atoms with Crippen molar-refractivity contribution in [3.05, 3.63) is 114 Å². The molecule has 250 valence electrons. The van der Waals surface area contributed by atoms with Crippen molar-refractivity contribution in [2.45, 2.75) is 12.4 Å². The Kier molecular flexibility index (Phi) is 8.82. The normalized spacial score (nSPS) is 12.6. The number of hydrogen-bond acceptors (Lipinski definition) is 10. The van der Waals surface area contributed by atoms with Crippen LogP contribution in [0.2, 0.25) is 0 Å². The highest BCUT2D eigenvalue weighted by atomic mass is 19.4. The molecule has 0 saturated heterocycles. The molecule has 2 aliphatic rings. The molecule has 10 nitrogen and oxygen atoms in total. The Hall–Kier alpha value is -8.90. The van der Waals surface area contributed by atoms with E-state index in [4.69, 9.17) is 0 Å².